The average Bonchev–Trinajstić information content (AvgIpc) is 2.76. The predicted molar refractivity (Wildman–Crippen MR) is 91.6 cm³/mol. The highest BCUT2D eigenvalue weighted by molar-refractivity contribution is 8.18. The van der Waals surface area contributed by atoms with E-state index >= 15 is 0 Å². The Labute approximate surface area is 137 Å². The summed E-state index contributed by atoms with van der Waals surface area (Å²) < 4.78 is 0. The summed E-state index contributed by atoms with van der Waals surface area (Å²) in [5, 5.41) is 19.5. The number of hydrogen-bond donors (Lipinski definition) is 2. The summed E-state index contributed by atoms with van der Waals surface area (Å²) in [6.07, 6.45) is 1.72. The third-order valence-corrected chi connectivity index (χ3v) is 4.29. The quantitative estimate of drug-likeness (QED) is 0.830. The van der Waals surface area contributed by atoms with Crippen molar-refractivity contribution in [3.05, 3.63) is 59.0 Å². The van der Waals surface area contributed by atoms with Crippen LogP contribution in [0.15, 0.2) is 58.4 Å². The summed E-state index contributed by atoms with van der Waals surface area (Å²) in [5.74, 6) is 0.119. The summed E-state index contributed by atoms with van der Waals surface area (Å²) in [4.78, 5) is 18.7. The highest BCUT2D eigenvalue weighted by Crippen LogP contribution is 2.33. The topological polar surface area (TPSA) is 73.1 Å². The molecule has 1 amide bonds. The van der Waals surface area contributed by atoms with Crippen LogP contribution in [0, 0.1) is 0 Å². The lowest BCUT2D eigenvalue weighted by Crippen LogP contribution is -2.23. The molecule has 0 atom stereocenters. The molecule has 0 saturated carbocycles. The van der Waals surface area contributed by atoms with Gasteiger partial charge in [0, 0.05) is 13.1 Å². The summed E-state index contributed by atoms with van der Waals surface area (Å²) >= 11 is 1.25. The van der Waals surface area contributed by atoms with E-state index in [9.17, 15) is 15.0 Å². The van der Waals surface area contributed by atoms with Crippen molar-refractivity contribution in [1.82, 2.24) is 4.90 Å². The van der Waals surface area contributed by atoms with Crippen molar-refractivity contribution in [2.75, 3.05) is 7.05 Å². The van der Waals surface area contributed by atoms with Crippen LogP contribution >= 0.6 is 11.8 Å². The molecule has 1 aliphatic rings. The van der Waals surface area contributed by atoms with Crippen molar-refractivity contribution in [2.45, 2.75) is 0 Å². The first kappa shape index (κ1) is 15.2. The molecule has 0 aliphatic carbocycles. The first-order chi connectivity index (χ1) is 11.0. The second kappa shape index (κ2) is 6.18. The minimum atomic E-state index is -0.155. The zero-order chi connectivity index (χ0) is 16.4. The predicted octanol–water partition coefficient (Wildman–Crippen LogP) is 3.33. The fourth-order valence-electron chi connectivity index (χ4n) is 2.09. The fourth-order valence-corrected chi connectivity index (χ4v) is 3.08. The maximum atomic E-state index is 12.3. The number of amidine groups is 1. The molecule has 1 aliphatic heterocycles. The van der Waals surface area contributed by atoms with Crippen LogP contribution in [-0.2, 0) is 4.79 Å². The molecule has 0 aromatic heterocycles. The van der Waals surface area contributed by atoms with Crippen molar-refractivity contribution < 1.29 is 15.0 Å². The van der Waals surface area contributed by atoms with Crippen LogP contribution in [0.5, 0.6) is 11.5 Å². The zero-order valence-electron chi connectivity index (χ0n) is 12.3. The van der Waals surface area contributed by atoms with Crippen LogP contribution in [0.4, 0.5) is 5.69 Å². The Morgan fingerprint density at radius 1 is 1.09 bits per heavy atom. The Hall–Kier alpha value is -2.73. The number of benzene rings is 2. The minimum absolute atomic E-state index is 0.124. The minimum Gasteiger partial charge on any atom is -0.508 e. The lowest BCUT2D eigenvalue weighted by molar-refractivity contribution is -0.121. The van der Waals surface area contributed by atoms with E-state index in [0.29, 0.717) is 15.8 Å². The Balaban J connectivity index is 1.91. The maximum Gasteiger partial charge on any atom is 0.266 e. The second-order valence-electron chi connectivity index (χ2n) is 4.98. The van der Waals surface area contributed by atoms with Crippen LogP contribution < -0.4 is 0 Å². The fraction of sp³-hybridized carbons (Fsp3) is 0.0588. The van der Waals surface area contributed by atoms with Crippen LogP contribution in [-0.4, -0.2) is 33.2 Å². The van der Waals surface area contributed by atoms with Gasteiger partial charge in [-0.1, -0.05) is 18.2 Å². The van der Waals surface area contributed by atoms with E-state index in [2.05, 4.69) is 4.99 Å². The normalized spacial score (nSPS) is 18.1. The zero-order valence-corrected chi connectivity index (χ0v) is 13.1. The molecule has 1 heterocycles. The van der Waals surface area contributed by atoms with Crippen LogP contribution in [0.2, 0.25) is 0 Å². The van der Waals surface area contributed by atoms with Gasteiger partial charge in [-0.2, -0.15) is 0 Å². The van der Waals surface area contributed by atoms with Gasteiger partial charge in [-0.15, -0.1) is 0 Å². The smallest absolute Gasteiger partial charge is 0.266 e. The van der Waals surface area contributed by atoms with Crippen LogP contribution in [0.1, 0.15) is 5.56 Å². The van der Waals surface area contributed by atoms with Crippen molar-refractivity contribution in [3.8, 4) is 11.5 Å². The first-order valence-electron chi connectivity index (χ1n) is 6.87. The van der Waals surface area contributed by atoms with Gasteiger partial charge in [-0.3, -0.25) is 9.69 Å². The summed E-state index contributed by atoms with van der Waals surface area (Å²) in [7, 11) is 1.65. The Kier molecular flexibility index (Phi) is 4.08. The number of nitrogens with zero attached hydrogens (tertiary/aromatic N) is 2. The number of phenolic OH excluding ortho intramolecular Hbond substituents is 2. The van der Waals surface area contributed by atoms with Gasteiger partial charge in [0.25, 0.3) is 5.91 Å². The van der Waals surface area contributed by atoms with Gasteiger partial charge in [0.15, 0.2) is 5.17 Å². The summed E-state index contributed by atoms with van der Waals surface area (Å²) in [6.45, 7) is 0. The van der Waals surface area contributed by atoms with Gasteiger partial charge < -0.3 is 10.2 Å². The van der Waals surface area contributed by atoms with Gasteiger partial charge in [0.1, 0.15) is 11.5 Å². The number of aromatic hydroxyl groups is 2. The number of thioether (sulfide) groups is 1. The van der Waals surface area contributed by atoms with E-state index in [1.807, 2.05) is 6.07 Å². The SMILES string of the molecule is CN1C(=O)/C(=C/c2cccc(O)c2)SC1=Nc1cccc(O)c1. The average molecular weight is 326 g/mol. The number of phenols is 2. The van der Waals surface area contributed by atoms with E-state index in [1.54, 1.807) is 49.5 Å². The van der Waals surface area contributed by atoms with Crippen LogP contribution in [0.3, 0.4) is 0 Å². The third-order valence-electron chi connectivity index (χ3n) is 3.23. The molecule has 116 valence electrons. The number of hydrogen-bond acceptors (Lipinski definition) is 5. The Bertz CT molecular complexity index is 830. The van der Waals surface area contributed by atoms with Crippen molar-refractivity contribution in [3.63, 3.8) is 0 Å². The molecule has 5 nitrogen and oxygen atoms in total. The molecule has 0 bridgehead atoms. The van der Waals surface area contributed by atoms with Crippen molar-refractivity contribution in [1.29, 1.82) is 0 Å². The van der Waals surface area contributed by atoms with Gasteiger partial charge in [-0.05, 0) is 47.7 Å². The Morgan fingerprint density at radius 2 is 1.78 bits per heavy atom. The maximum absolute atomic E-state index is 12.3. The standard InChI is InChI=1S/C17H14N2O3S/c1-19-16(22)15(9-11-4-2-6-13(20)8-11)23-17(19)18-12-5-3-7-14(21)10-12/h2-10,20-21H,1H3/b15-9-,18-17?. The molecule has 0 radical (unpaired) electrons. The highest BCUT2D eigenvalue weighted by Gasteiger charge is 2.30. The largest absolute Gasteiger partial charge is 0.508 e. The van der Waals surface area contributed by atoms with Crippen molar-refractivity contribution in [2.24, 2.45) is 4.99 Å². The molecular weight excluding hydrogens is 312 g/mol. The van der Waals surface area contributed by atoms with E-state index in [4.69, 9.17) is 0 Å². The molecule has 0 spiro atoms. The number of carbonyl (C=O) groups excluding carboxylic acids is 1. The van der Waals surface area contributed by atoms with E-state index < -0.39 is 0 Å². The lowest BCUT2D eigenvalue weighted by atomic mass is 10.2. The number of likely N-dealkylation sites (N-methyl/N-ethyl adjacent to an activating group) is 1. The second-order valence-corrected chi connectivity index (χ2v) is 5.99. The third kappa shape index (κ3) is 3.37. The van der Waals surface area contributed by atoms with Gasteiger partial charge in [-0.25, -0.2) is 4.99 Å². The van der Waals surface area contributed by atoms with E-state index in [1.165, 1.54) is 22.7 Å². The Morgan fingerprint density at radius 3 is 2.48 bits per heavy atom. The molecular formula is C17H14N2O3S. The van der Waals surface area contributed by atoms with Gasteiger partial charge >= 0.3 is 0 Å². The molecule has 2 aromatic carbocycles. The lowest BCUT2D eigenvalue weighted by Gasteiger charge is -2.07. The number of aliphatic imine (C=N–C) groups is 1. The number of amides is 1. The molecule has 6 heteroatoms. The van der Waals surface area contributed by atoms with E-state index in [-0.39, 0.29) is 17.4 Å². The van der Waals surface area contributed by atoms with Crippen LogP contribution in [0.25, 0.3) is 6.08 Å². The summed E-state index contributed by atoms with van der Waals surface area (Å²) in [5.41, 5.74) is 1.32. The molecule has 23 heavy (non-hydrogen) atoms. The molecule has 1 saturated heterocycles. The number of carbonyl (C=O) groups is 1. The molecule has 1 fully saturated rings. The molecule has 0 unspecified atom stereocenters. The van der Waals surface area contributed by atoms with Crippen molar-refractivity contribution >= 4 is 34.6 Å². The molecule has 3 rings (SSSR count). The van der Waals surface area contributed by atoms with Gasteiger partial charge in [0.2, 0.25) is 0 Å². The highest BCUT2D eigenvalue weighted by atomic mass is 32.2. The van der Waals surface area contributed by atoms with E-state index in [0.717, 1.165) is 5.56 Å². The summed E-state index contributed by atoms with van der Waals surface area (Å²) in [6, 6.07) is 13.2. The molecule has 2 N–H and O–H groups in total. The molecule has 2 aromatic rings. The monoisotopic (exact) mass is 326 g/mol. The number of rotatable bonds is 2. The van der Waals surface area contributed by atoms with Gasteiger partial charge in [0.05, 0.1) is 10.6 Å². The first-order valence-corrected chi connectivity index (χ1v) is 7.69.